The van der Waals surface area contributed by atoms with Gasteiger partial charge in [0.25, 0.3) is 0 Å². The lowest BCUT2D eigenvalue weighted by atomic mass is 9.97. The Kier molecular flexibility index (Phi) is 4.89. The van der Waals surface area contributed by atoms with Gasteiger partial charge in [-0.05, 0) is 19.8 Å². The summed E-state index contributed by atoms with van der Waals surface area (Å²) in [5.41, 5.74) is -1.08. The highest BCUT2D eigenvalue weighted by Gasteiger charge is 2.39. The van der Waals surface area contributed by atoms with E-state index < -0.39 is 17.0 Å². The van der Waals surface area contributed by atoms with E-state index in [9.17, 15) is 18.0 Å². The second kappa shape index (κ2) is 6.36. The Bertz CT molecular complexity index is 551. The average molecular weight is 340 g/mol. The molecule has 1 aliphatic heterocycles. The molecule has 0 aromatic carbocycles. The molecule has 0 spiro atoms. The first-order valence-corrected chi connectivity index (χ1v) is 7.34. The predicted octanol–water partition coefficient (Wildman–Crippen LogP) is 2.87. The molecule has 0 radical (unpaired) electrons. The van der Waals surface area contributed by atoms with E-state index in [0.29, 0.717) is 32.5 Å². The van der Waals surface area contributed by atoms with Gasteiger partial charge >= 0.3 is 12.1 Å². The number of imidazole rings is 1. The van der Waals surface area contributed by atoms with E-state index in [1.807, 2.05) is 0 Å². The average Bonchev–Trinajstić information content (AvgIpc) is 2.76. The molecule has 1 fully saturated rings. The zero-order chi connectivity index (χ0) is 16.5. The number of hydrogen-bond donors (Lipinski definition) is 0. The van der Waals surface area contributed by atoms with Gasteiger partial charge in [0.15, 0.2) is 5.69 Å². The van der Waals surface area contributed by atoms with Crippen molar-refractivity contribution < 1.29 is 22.7 Å². The molecule has 1 aromatic heterocycles. The van der Waals surface area contributed by atoms with E-state index in [-0.39, 0.29) is 17.8 Å². The number of rotatable bonds is 3. The number of nitrogens with zero attached hydrogens (tertiary/aromatic N) is 3. The van der Waals surface area contributed by atoms with Crippen LogP contribution in [-0.4, -0.2) is 35.2 Å². The van der Waals surface area contributed by atoms with Crippen molar-refractivity contribution in [1.82, 2.24) is 9.55 Å². The molecule has 1 aromatic rings. The first kappa shape index (κ1) is 16.9. The minimum atomic E-state index is -4.59. The fraction of sp³-hybridized carbons (Fsp3) is 0.692. The molecule has 0 aliphatic carbocycles. The molecule has 0 N–H and O–H groups in total. The van der Waals surface area contributed by atoms with Gasteiger partial charge in [-0.15, -0.1) is 0 Å². The Morgan fingerprint density at radius 3 is 2.45 bits per heavy atom. The van der Waals surface area contributed by atoms with Crippen LogP contribution in [0.3, 0.4) is 0 Å². The summed E-state index contributed by atoms with van der Waals surface area (Å²) < 4.78 is 44.6. The molecular formula is C13H17ClF3N3O2. The van der Waals surface area contributed by atoms with E-state index in [1.54, 1.807) is 11.8 Å². The van der Waals surface area contributed by atoms with Crippen LogP contribution in [0.2, 0.25) is 5.15 Å². The molecule has 0 bridgehead atoms. The van der Waals surface area contributed by atoms with Gasteiger partial charge in [-0.3, -0.25) is 4.79 Å². The van der Waals surface area contributed by atoms with Crippen molar-refractivity contribution in [1.29, 1.82) is 0 Å². The zero-order valence-electron chi connectivity index (χ0n) is 12.3. The van der Waals surface area contributed by atoms with Crippen LogP contribution in [0.25, 0.3) is 0 Å². The van der Waals surface area contributed by atoms with E-state index in [0.717, 1.165) is 0 Å². The standard InChI is InChI=1S/C13H17ClF3N3O2/c1-3-22-11(21)8-4-6-20(7-5-8)12-18-9(13(15,16)17)10(14)19(12)2/h8H,3-7H2,1-2H3. The molecular weight excluding hydrogens is 323 g/mol. The van der Waals surface area contributed by atoms with Crippen molar-refractivity contribution in [3.8, 4) is 0 Å². The second-order valence-electron chi connectivity index (χ2n) is 5.12. The number of piperidine rings is 1. The molecule has 9 heteroatoms. The maximum Gasteiger partial charge on any atom is 0.436 e. The summed E-state index contributed by atoms with van der Waals surface area (Å²) in [6.07, 6.45) is -3.55. The smallest absolute Gasteiger partial charge is 0.436 e. The summed E-state index contributed by atoms with van der Waals surface area (Å²) in [6.45, 7) is 2.93. The highest BCUT2D eigenvalue weighted by molar-refractivity contribution is 6.30. The summed E-state index contributed by atoms with van der Waals surface area (Å²) >= 11 is 5.72. The molecule has 0 atom stereocenters. The third-order valence-electron chi connectivity index (χ3n) is 3.67. The molecule has 2 rings (SSSR count). The molecule has 124 valence electrons. The SMILES string of the molecule is CCOC(=O)C1CCN(c2nc(C(F)(F)F)c(Cl)n2C)CC1. The summed E-state index contributed by atoms with van der Waals surface area (Å²) in [5.74, 6) is -0.301. The molecule has 0 saturated carbocycles. The number of hydrogen-bond acceptors (Lipinski definition) is 4. The normalized spacial score (nSPS) is 16.9. The van der Waals surface area contributed by atoms with Gasteiger partial charge in [0.1, 0.15) is 5.15 Å². The summed E-state index contributed by atoms with van der Waals surface area (Å²) in [4.78, 5) is 17.0. The van der Waals surface area contributed by atoms with Gasteiger partial charge in [-0.1, -0.05) is 11.6 Å². The minimum Gasteiger partial charge on any atom is -0.466 e. The number of halogens is 4. The van der Waals surface area contributed by atoms with Crippen molar-refractivity contribution in [3.05, 3.63) is 10.8 Å². The largest absolute Gasteiger partial charge is 0.466 e. The number of esters is 1. The van der Waals surface area contributed by atoms with Gasteiger partial charge in [-0.2, -0.15) is 13.2 Å². The molecule has 0 unspecified atom stereocenters. The van der Waals surface area contributed by atoms with Crippen molar-refractivity contribution in [2.24, 2.45) is 13.0 Å². The number of ether oxygens (including phenoxy) is 1. The third kappa shape index (κ3) is 3.31. The lowest BCUT2D eigenvalue weighted by Gasteiger charge is -2.31. The Morgan fingerprint density at radius 2 is 2.00 bits per heavy atom. The Hall–Kier alpha value is -1.44. The lowest BCUT2D eigenvalue weighted by molar-refractivity contribution is -0.148. The minimum absolute atomic E-state index is 0.166. The van der Waals surface area contributed by atoms with E-state index in [4.69, 9.17) is 16.3 Å². The van der Waals surface area contributed by atoms with Gasteiger partial charge in [-0.25, -0.2) is 4.98 Å². The second-order valence-corrected chi connectivity index (χ2v) is 5.48. The molecule has 1 saturated heterocycles. The van der Waals surface area contributed by atoms with Crippen LogP contribution in [-0.2, 0) is 22.8 Å². The van der Waals surface area contributed by atoms with Crippen LogP contribution in [0.4, 0.5) is 19.1 Å². The topological polar surface area (TPSA) is 47.4 Å². The van der Waals surface area contributed by atoms with Crippen molar-refractivity contribution in [2.75, 3.05) is 24.6 Å². The molecule has 22 heavy (non-hydrogen) atoms. The number of aromatic nitrogens is 2. The van der Waals surface area contributed by atoms with Crippen LogP contribution in [0, 0.1) is 5.92 Å². The molecule has 2 heterocycles. The molecule has 1 aliphatic rings. The van der Waals surface area contributed by atoms with Crippen molar-refractivity contribution >= 4 is 23.5 Å². The number of alkyl halides is 3. The van der Waals surface area contributed by atoms with Crippen molar-refractivity contribution in [2.45, 2.75) is 25.9 Å². The summed E-state index contributed by atoms with van der Waals surface area (Å²) in [7, 11) is 1.44. The quantitative estimate of drug-likeness (QED) is 0.794. The molecule has 5 nitrogen and oxygen atoms in total. The fourth-order valence-corrected chi connectivity index (χ4v) is 2.73. The highest BCUT2D eigenvalue weighted by Crippen LogP contribution is 2.36. The molecule has 0 amide bonds. The zero-order valence-corrected chi connectivity index (χ0v) is 13.0. The maximum absolute atomic E-state index is 12.8. The number of carbonyl (C=O) groups excluding carboxylic acids is 1. The highest BCUT2D eigenvalue weighted by atomic mass is 35.5. The number of anilines is 1. The summed E-state index contributed by atoms with van der Waals surface area (Å²) in [6, 6.07) is 0. The van der Waals surface area contributed by atoms with Crippen LogP contribution in [0.15, 0.2) is 0 Å². The van der Waals surface area contributed by atoms with Gasteiger partial charge in [0.05, 0.1) is 12.5 Å². The number of carbonyl (C=O) groups is 1. The fourth-order valence-electron chi connectivity index (χ4n) is 2.51. The maximum atomic E-state index is 12.8. The Labute approximate surface area is 131 Å². The third-order valence-corrected chi connectivity index (χ3v) is 4.10. The van der Waals surface area contributed by atoms with Crippen LogP contribution in [0.5, 0.6) is 0 Å². The Balaban J connectivity index is 2.11. The monoisotopic (exact) mass is 339 g/mol. The van der Waals surface area contributed by atoms with E-state index in [1.165, 1.54) is 11.6 Å². The van der Waals surface area contributed by atoms with Crippen LogP contribution in [0.1, 0.15) is 25.5 Å². The summed E-state index contributed by atoms with van der Waals surface area (Å²) in [5, 5.41) is -0.435. The van der Waals surface area contributed by atoms with E-state index in [2.05, 4.69) is 4.98 Å². The van der Waals surface area contributed by atoms with Crippen LogP contribution >= 0.6 is 11.6 Å². The van der Waals surface area contributed by atoms with Gasteiger partial charge in [0.2, 0.25) is 5.95 Å². The van der Waals surface area contributed by atoms with Gasteiger partial charge in [0, 0.05) is 20.1 Å². The predicted molar refractivity (Wildman–Crippen MR) is 74.8 cm³/mol. The van der Waals surface area contributed by atoms with Crippen LogP contribution < -0.4 is 4.90 Å². The lowest BCUT2D eigenvalue weighted by Crippen LogP contribution is -2.38. The Morgan fingerprint density at radius 1 is 1.41 bits per heavy atom. The van der Waals surface area contributed by atoms with Crippen molar-refractivity contribution in [3.63, 3.8) is 0 Å². The van der Waals surface area contributed by atoms with E-state index >= 15 is 0 Å². The first-order valence-electron chi connectivity index (χ1n) is 6.96. The first-order chi connectivity index (χ1) is 10.3. The van der Waals surface area contributed by atoms with Gasteiger partial charge < -0.3 is 14.2 Å².